The molecule has 17 heavy (non-hydrogen) atoms. The van der Waals surface area contributed by atoms with Gasteiger partial charge >= 0.3 is 11.9 Å². The Morgan fingerprint density at radius 2 is 2.24 bits per heavy atom. The topological polar surface area (TPSA) is 83.8 Å². The van der Waals surface area contributed by atoms with Gasteiger partial charge in [-0.1, -0.05) is 11.6 Å². The highest BCUT2D eigenvalue weighted by Crippen LogP contribution is 2.36. The molecule has 0 fully saturated rings. The Morgan fingerprint density at radius 1 is 1.59 bits per heavy atom. The van der Waals surface area contributed by atoms with Crippen molar-refractivity contribution < 1.29 is 24.5 Å². The van der Waals surface area contributed by atoms with Gasteiger partial charge in [-0.2, -0.15) is 0 Å². The van der Waals surface area contributed by atoms with Gasteiger partial charge in [-0.25, -0.2) is 9.59 Å². The number of ether oxygens (including phenoxy) is 1. The van der Waals surface area contributed by atoms with Crippen molar-refractivity contribution in [3.8, 4) is 5.75 Å². The predicted molar refractivity (Wildman–Crippen MR) is 58.7 cm³/mol. The average molecular weight is 257 g/mol. The fourth-order valence-corrected chi connectivity index (χ4v) is 2.11. The van der Waals surface area contributed by atoms with Gasteiger partial charge < -0.3 is 14.9 Å². The molecule has 1 aliphatic rings. The highest BCUT2D eigenvalue weighted by atomic mass is 35.5. The molecule has 0 unspecified atom stereocenters. The Kier molecular flexibility index (Phi) is 2.71. The van der Waals surface area contributed by atoms with E-state index in [-0.39, 0.29) is 16.7 Å². The Morgan fingerprint density at radius 3 is 2.82 bits per heavy atom. The summed E-state index contributed by atoms with van der Waals surface area (Å²) in [6.07, 6.45) is 0.00969. The summed E-state index contributed by atoms with van der Waals surface area (Å²) in [5, 5.41) is 18.8. The lowest BCUT2D eigenvalue weighted by atomic mass is 9.95. The van der Waals surface area contributed by atoms with Crippen molar-refractivity contribution in [3.63, 3.8) is 0 Å². The minimum atomic E-state index is -1.35. The number of carboxylic acid groups (broad SMARTS) is 1. The van der Waals surface area contributed by atoms with Crippen molar-refractivity contribution in [2.45, 2.75) is 19.4 Å². The highest BCUT2D eigenvalue weighted by molar-refractivity contribution is 6.32. The molecule has 0 saturated carbocycles. The van der Waals surface area contributed by atoms with Crippen LogP contribution in [-0.2, 0) is 11.2 Å². The van der Waals surface area contributed by atoms with E-state index < -0.39 is 23.3 Å². The number of phenols is 1. The van der Waals surface area contributed by atoms with Crippen LogP contribution in [0, 0.1) is 0 Å². The van der Waals surface area contributed by atoms with Gasteiger partial charge in [0.2, 0.25) is 0 Å². The molecule has 1 heterocycles. The molecule has 90 valence electrons. The number of rotatable bonds is 1. The van der Waals surface area contributed by atoms with Gasteiger partial charge in [0.25, 0.3) is 0 Å². The molecule has 0 amide bonds. The lowest BCUT2D eigenvalue weighted by molar-refractivity contribution is 0.0297. The molecular formula is C11H9ClO5. The van der Waals surface area contributed by atoms with Gasteiger partial charge in [0.05, 0.1) is 0 Å². The number of aromatic hydroxyl groups is 1. The number of benzene rings is 1. The zero-order valence-electron chi connectivity index (χ0n) is 8.86. The number of carbonyl (C=O) groups excluding carboxylic acids is 1. The Labute approximate surface area is 102 Å². The first-order valence-electron chi connectivity index (χ1n) is 4.90. The van der Waals surface area contributed by atoms with E-state index in [0.29, 0.717) is 12.0 Å². The molecule has 1 aliphatic heterocycles. The molecule has 2 N–H and O–H groups in total. The van der Waals surface area contributed by atoms with E-state index >= 15 is 0 Å². The van der Waals surface area contributed by atoms with E-state index in [1.54, 1.807) is 6.92 Å². The van der Waals surface area contributed by atoms with E-state index in [1.165, 1.54) is 0 Å². The molecule has 1 aromatic rings. The third-order valence-corrected chi connectivity index (χ3v) is 2.92. The number of fused-ring (bicyclic) bond motifs is 1. The van der Waals surface area contributed by atoms with Crippen LogP contribution in [0.5, 0.6) is 5.75 Å². The number of cyclic esters (lactones) is 1. The Hall–Kier alpha value is -1.75. The molecule has 2 rings (SSSR count). The van der Waals surface area contributed by atoms with Gasteiger partial charge in [-0.05, 0) is 18.6 Å². The van der Waals surface area contributed by atoms with Crippen molar-refractivity contribution in [1.29, 1.82) is 0 Å². The smallest absolute Gasteiger partial charge is 0.342 e. The van der Waals surface area contributed by atoms with Gasteiger partial charge in [0, 0.05) is 11.4 Å². The fraction of sp³-hybridized carbons (Fsp3) is 0.273. The second-order valence-electron chi connectivity index (χ2n) is 3.83. The lowest BCUT2D eigenvalue weighted by Gasteiger charge is -2.23. The van der Waals surface area contributed by atoms with Crippen LogP contribution >= 0.6 is 11.6 Å². The molecule has 0 aliphatic carbocycles. The van der Waals surface area contributed by atoms with Crippen molar-refractivity contribution in [2.24, 2.45) is 0 Å². The molecule has 0 bridgehead atoms. The van der Waals surface area contributed by atoms with Gasteiger partial charge in [0.1, 0.15) is 23.0 Å². The van der Waals surface area contributed by atoms with Gasteiger partial charge in [-0.3, -0.25) is 0 Å². The number of esters is 1. The van der Waals surface area contributed by atoms with Crippen molar-refractivity contribution in [3.05, 3.63) is 27.8 Å². The molecule has 0 saturated heterocycles. The van der Waals surface area contributed by atoms with Crippen LogP contribution in [0.15, 0.2) is 6.07 Å². The van der Waals surface area contributed by atoms with Crippen LogP contribution in [0.3, 0.4) is 0 Å². The van der Waals surface area contributed by atoms with Crippen LogP contribution in [0.2, 0.25) is 5.02 Å². The van der Waals surface area contributed by atoms with Crippen LogP contribution in [0.1, 0.15) is 33.2 Å². The molecule has 0 radical (unpaired) electrons. The summed E-state index contributed by atoms with van der Waals surface area (Å²) in [4.78, 5) is 22.5. The first-order chi connectivity index (χ1) is 7.91. The Balaban J connectivity index is 2.71. The lowest BCUT2D eigenvalue weighted by Crippen LogP contribution is -2.26. The monoisotopic (exact) mass is 256 g/mol. The minimum Gasteiger partial charge on any atom is -0.506 e. The molecule has 1 atom stereocenters. The van der Waals surface area contributed by atoms with E-state index in [4.69, 9.17) is 21.4 Å². The summed E-state index contributed by atoms with van der Waals surface area (Å²) >= 11 is 5.91. The number of aromatic carboxylic acids is 1. The first kappa shape index (κ1) is 11.7. The van der Waals surface area contributed by atoms with Crippen LogP contribution < -0.4 is 0 Å². The standard InChI is InChI=1S/C11H9ClO5/c1-4-2-5-7(12)3-6(10(14)15)9(13)8(5)11(16)17-4/h3-4,13H,2H2,1H3,(H,14,15)/t4-/m0/s1. The number of halogens is 1. The number of carbonyl (C=O) groups is 2. The first-order valence-corrected chi connectivity index (χ1v) is 5.28. The van der Waals surface area contributed by atoms with Crippen molar-refractivity contribution >= 4 is 23.5 Å². The maximum atomic E-state index is 11.6. The summed E-state index contributed by atoms with van der Waals surface area (Å²) in [5.74, 6) is -2.69. The van der Waals surface area contributed by atoms with E-state index in [9.17, 15) is 14.7 Å². The summed E-state index contributed by atoms with van der Waals surface area (Å²) < 4.78 is 4.93. The molecule has 5 nitrogen and oxygen atoms in total. The quantitative estimate of drug-likeness (QED) is 0.749. The highest BCUT2D eigenvalue weighted by Gasteiger charge is 2.31. The third-order valence-electron chi connectivity index (χ3n) is 2.59. The van der Waals surface area contributed by atoms with E-state index in [1.807, 2.05) is 0 Å². The van der Waals surface area contributed by atoms with Crippen LogP contribution in [0.25, 0.3) is 0 Å². The van der Waals surface area contributed by atoms with E-state index in [2.05, 4.69) is 0 Å². The fourth-order valence-electron chi connectivity index (χ4n) is 1.83. The normalized spacial score (nSPS) is 18.5. The van der Waals surface area contributed by atoms with Crippen molar-refractivity contribution in [2.75, 3.05) is 0 Å². The van der Waals surface area contributed by atoms with Crippen molar-refractivity contribution in [1.82, 2.24) is 0 Å². The molecule has 0 spiro atoms. The van der Waals surface area contributed by atoms with Gasteiger partial charge in [-0.15, -0.1) is 0 Å². The Bertz CT molecular complexity index is 523. The largest absolute Gasteiger partial charge is 0.506 e. The SMILES string of the molecule is C[C@H]1Cc2c(Cl)cc(C(=O)O)c(O)c2C(=O)O1. The van der Waals surface area contributed by atoms with E-state index in [0.717, 1.165) is 6.07 Å². The maximum Gasteiger partial charge on any atom is 0.342 e. The number of carboxylic acids is 1. The average Bonchev–Trinajstić information content (AvgIpc) is 2.21. The predicted octanol–water partition coefficient (Wildman–Crippen LogP) is 1.85. The summed E-state index contributed by atoms with van der Waals surface area (Å²) in [6, 6.07) is 1.14. The molecular weight excluding hydrogens is 248 g/mol. The number of hydrogen-bond donors (Lipinski definition) is 2. The minimum absolute atomic E-state index is 0.145. The third kappa shape index (κ3) is 1.82. The van der Waals surface area contributed by atoms with Crippen LogP contribution in [-0.4, -0.2) is 28.3 Å². The second-order valence-corrected chi connectivity index (χ2v) is 4.24. The molecule has 1 aromatic carbocycles. The zero-order valence-corrected chi connectivity index (χ0v) is 9.61. The molecule has 6 heteroatoms. The zero-order chi connectivity index (χ0) is 12.7. The van der Waals surface area contributed by atoms with Gasteiger partial charge in [0.15, 0.2) is 0 Å². The van der Waals surface area contributed by atoms with Crippen LogP contribution in [0.4, 0.5) is 0 Å². The summed E-state index contributed by atoms with van der Waals surface area (Å²) in [6.45, 7) is 1.69. The maximum absolute atomic E-state index is 11.6. The molecule has 0 aromatic heterocycles. The second kappa shape index (κ2) is 3.92. The summed E-state index contributed by atoms with van der Waals surface area (Å²) in [5.41, 5.74) is -0.119. The summed E-state index contributed by atoms with van der Waals surface area (Å²) in [7, 11) is 0. The number of hydrogen-bond acceptors (Lipinski definition) is 4.